The number of nitrogens with zero attached hydrogens (tertiary/aromatic N) is 3. The second kappa shape index (κ2) is 8.12. The lowest BCUT2D eigenvalue weighted by atomic mass is 10.1. The van der Waals surface area contributed by atoms with Crippen molar-refractivity contribution >= 4 is 17.3 Å². The minimum absolute atomic E-state index is 0.0632. The fourth-order valence-electron chi connectivity index (χ4n) is 3.07. The summed E-state index contributed by atoms with van der Waals surface area (Å²) in [5.41, 5.74) is 3.78. The summed E-state index contributed by atoms with van der Waals surface area (Å²) in [6.45, 7) is 8.78. The van der Waals surface area contributed by atoms with Gasteiger partial charge in [0.05, 0.1) is 17.4 Å². The normalized spacial score (nSPS) is 15.2. The van der Waals surface area contributed by atoms with Crippen LogP contribution in [0.25, 0.3) is 0 Å². The summed E-state index contributed by atoms with van der Waals surface area (Å²) in [6.07, 6.45) is 4.43. The van der Waals surface area contributed by atoms with E-state index in [4.69, 9.17) is 0 Å². The molecule has 5 nitrogen and oxygen atoms in total. The Morgan fingerprint density at radius 2 is 1.76 bits per heavy atom. The van der Waals surface area contributed by atoms with Crippen molar-refractivity contribution in [3.8, 4) is 0 Å². The first kappa shape index (κ1) is 17.4. The molecule has 1 N–H and O–H groups in total. The van der Waals surface area contributed by atoms with E-state index in [2.05, 4.69) is 53.3 Å². The van der Waals surface area contributed by atoms with Gasteiger partial charge in [-0.05, 0) is 36.7 Å². The van der Waals surface area contributed by atoms with Crippen LogP contribution in [0.5, 0.6) is 0 Å². The molecule has 2 heterocycles. The molecular weight excluding hydrogens is 312 g/mol. The average Bonchev–Trinajstić information content (AvgIpc) is 2.68. The maximum Gasteiger partial charge on any atom is 0.255 e. The van der Waals surface area contributed by atoms with E-state index in [1.165, 1.54) is 5.56 Å². The highest BCUT2D eigenvalue weighted by atomic mass is 16.2. The first-order chi connectivity index (χ1) is 12.2. The summed E-state index contributed by atoms with van der Waals surface area (Å²) in [5.74, 6) is 0.0632. The first-order valence-electron chi connectivity index (χ1n) is 9.02. The molecule has 25 heavy (non-hydrogen) atoms. The zero-order valence-corrected chi connectivity index (χ0v) is 15.0. The van der Waals surface area contributed by atoms with Gasteiger partial charge in [0.2, 0.25) is 0 Å². The van der Waals surface area contributed by atoms with E-state index in [1.807, 2.05) is 11.0 Å². The smallest absolute Gasteiger partial charge is 0.255 e. The van der Waals surface area contributed by atoms with Crippen LogP contribution < -0.4 is 5.32 Å². The molecule has 0 spiro atoms. The highest BCUT2D eigenvalue weighted by Gasteiger charge is 2.21. The van der Waals surface area contributed by atoms with Crippen LogP contribution in [0.1, 0.15) is 29.8 Å². The van der Waals surface area contributed by atoms with Gasteiger partial charge in [0, 0.05) is 38.1 Å². The summed E-state index contributed by atoms with van der Waals surface area (Å²) in [4.78, 5) is 21.2. The van der Waals surface area contributed by atoms with E-state index < -0.39 is 0 Å². The Morgan fingerprint density at radius 1 is 1.04 bits per heavy atom. The van der Waals surface area contributed by atoms with E-state index in [0.29, 0.717) is 5.56 Å². The molecule has 0 atom stereocenters. The maximum atomic E-state index is 12.7. The van der Waals surface area contributed by atoms with Crippen LogP contribution in [-0.2, 0) is 6.42 Å². The Kier molecular flexibility index (Phi) is 5.66. The predicted molar refractivity (Wildman–Crippen MR) is 101 cm³/mol. The van der Waals surface area contributed by atoms with Crippen molar-refractivity contribution in [1.29, 1.82) is 0 Å². The molecule has 0 aliphatic carbocycles. The SMILES string of the molecule is CCc1ccc(Nc2cncc(C(=O)N3CCN(CC)CC3)c2)cc1. The zero-order valence-electron chi connectivity index (χ0n) is 15.0. The largest absolute Gasteiger partial charge is 0.354 e. The Labute approximate surface area is 149 Å². The maximum absolute atomic E-state index is 12.7. The van der Waals surface area contributed by atoms with Gasteiger partial charge in [-0.2, -0.15) is 0 Å². The summed E-state index contributed by atoms with van der Waals surface area (Å²) < 4.78 is 0. The number of amides is 1. The van der Waals surface area contributed by atoms with Crippen LogP contribution in [0.4, 0.5) is 11.4 Å². The van der Waals surface area contributed by atoms with E-state index in [0.717, 1.165) is 50.5 Å². The predicted octanol–water partition coefficient (Wildman–Crippen LogP) is 3.17. The number of carbonyl (C=O) groups is 1. The van der Waals surface area contributed by atoms with E-state index in [-0.39, 0.29) is 5.91 Å². The summed E-state index contributed by atoms with van der Waals surface area (Å²) in [7, 11) is 0. The number of hydrogen-bond acceptors (Lipinski definition) is 4. The molecule has 0 unspecified atom stereocenters. The molecule has 1 aliphatic heterocycles. The summed E-state index contributed by atoms with van der Waals surface area (Å²) in [6, 6.07) is 10.2. The van der Waals surface area contributed by atoms with Crippen molar-refractivity contribution in [2.24, 2.45) is 0 Å². The minimum Gasteiger partial charge on any atom is -0.354 e. The number of aromatic nitrogens is 1. The second-order valence-electron chi connectivity index (χ2n) is 6.36. The number of pyridine rings is 1. The molecule has 0 radical (unpaired) electrons. The van der Waals surface area contributed by atoms with E-state index in [9.17, 15) is 4.79 Å². The highest BCUT2D eigenvalue weighted by molar-refractivity contribution is 5.95. The van der Waals surface area contributed by atoms with Crippen molar-refractivity contribution in [2.45, 2.75) is 20.3 Å². The lowest BCUT2D eigenvalue weighted by Crippen LogP contribution is -2.48. The monoisotopic (exact) mass is 338 g/mol. The molecule has 0 saturated carbocycles. The molecule has 1 aromatic carbocycles. The fourth-order valence-corrected chi connectivity index (χ4v) is 3.07. The molecule has 0 bridgehead atoms. The Hall–Kier alpha value is -2.40. The topological polar surface area (TPSA) is 48.5 Å². The number of nitrogens with one attached hydrogen (secondary N) is 1. The van der Waals surface area contributed by atoms with Gasteiger partial charge in [0.25, 0.3) is 5.91 Å². The molecular formula is C20H26N4O. The van der Waals surface area contributed by atoms with Gasteiger partial charge in [-0.25, -0.2) is 0 Å². The van der Waals surface area contributed by atoms with Crippen LogP contribution >= 0.6 is 0 Å². The molecule has 2 aromatic rings. The number of hydrogen-bond donors (Lipinski definition) is 1. The first-order valence-corrected chi connectivity index (χ1v) is 9.02. The number of piperazine rings is 1. The summed E-state index contributed by atoms with van der Waals surface area (Å²) in [5, 5.41) is 3.33. The van der Waals surface area contributed by atoms with Crippen LogP contribution in [0, 0.1) is 0 Å². The van der Waals surface area contributed by atoms with Gasteiger partial charge < -0.3 is 15.1 Å². The lowest BCUT2D eigenvalue weighted by Gasteiger charge is -2.34. The van der Waals surface area contributed by atoms with Crippen molar-refractivity contribution in [2.75, 3.05) is 38.0 Å². The Morgan fingerprint density at radius 3 is 2.40 bits per heavy atom. The van der Waals surface area contributed by atoms with Crippen molar-refractivity contribution in [3.63, 3.8) is 0 Å². The number of benzene rings is 1. The van der Waals surface area contributed by atoms with Gasteiger partial charge in [-0.1, -0.05) is 26.0 Å². The van der Waals surface area contributed by atoms with Gasteiger partial charge in [-0.3, -0.25) is 9.78 Å². The number of likely N-dealkylation sites (N-methyl/N-ethyl adjacent to an activating group) is 1. The number of rotatable bonds is 5. The third-order valence-electron chi connectivity index (χ3n) is 4.74. The van der Waals surface area contributed by atoms with Crippen LogP contribution in [0.15, 0.2) is 42.7 Å². The lowest BCUT2D eigenvalue weighted by molar-refractivity contribution is 0.0643. The second-order valence-corrected chi connectivity index (χ2v) is 6.36. The molecule has 1 amide bonds. The molecule has 1 fully saturated rings. The van der Waals surface area contributed by atoms with Crippen LogP contribution in [-0.4, -0.2) is 53.4 Å². The average molecular weight is 338 g/mol. The van der Waals surface area contributed by atoms with E-state index >= 15 is 0 Å². The zero-order chi connectivity index (χ0) is 17.6. The molecule has 1 aromatic heterocycles. The molecule has 3 rings (SSSR count). The summed E-state index contributed by atoms with van der Waals surface area (Å²) >= 11 is 0. The van der Waals surface area contributed by atoms with Crippen molar-refractivity contribution in [3.05, 3.63) is 53.9 Å². The van der Waals surface area contributed by atoms with Gasteiger partial charge >= 0.3 is 0 Å². The van der Waals surface area contributed by atoms with Gasteiger partial charge in [0.1, 0.15) is 0 Å². The fraction of sp³-hybridized carbons (Fsp3) is 0.400. The third-order valence-corrected chi connectivity index (χ3v) is 4.74. The molecule has 132 valence electrons. The highest BCUT2D eigenvalue weighted by Crippen LogP contribution is 2.18. The van der Waals surface area contributed by atoms with Crippen molar-refractivity contribution in [1.82, 2.24) is 14.8 Å². The standard InChI is InChI=1S/C20H26N4O/c1-3-16-5-7-18(8-6-16)22-19-13-17(14-21-15-19)20(25)24-11-9-23(4-2)10-12-24/h5-8,13-15,22H,3-4,9-12H2,1-2H3. The van der Waals surface area contributed by atoms with E-state index in [1.54, 1.807) is 12.4 Å². The number of aryl methyl sites for hydroxylation is 1. The minimum atomic E-state index is 0.0632. The van der Waals surface area contributed by atoms with Crippen LogP contribution in [0.3, 0.4) is 0 Å². The Balaban J connectivity index is 1.67. The molecule has 5 heteroatoms. The number of anilines is 2. The number of carbonyl (C=O) groups excluding carboxylic acids is 1. The molecule has 1 saturated heterocycles. The van der Waals surface area contributed by atoms with Gasteiger partial charge in [-0.15, -0.1) is 0 Å². The van der Waals surface area contributed by atoms with Crippen LogP contribution in [0.2, 0.25) is 0 Å². The van der Waals surface area contributed by atoms with Crippen molar-refractivity contribution < 1.29 is 4.79 Å². The third kappa shape index (κ3) is 4.37. The molecule has 1 aliphatic rings. The Bertz CT molecular complexity index is 706. The van der Waals surface area contributed by atoms with Gasteiger partial charge in [0.15, 0.2) is 0 Å². The quantitative estimate of drug-likeness (QED) is 0.910.